The lowest BCUT2D eigenvalue weighted by Crippen LogP contribution is -2.37. The standard InChI is InChI=1S/C22H29NO2/c1-6-18-11-13-19(14-12-18)16(4)23-22(24)17(5)25-21-10-8-7-9-20(21)15(2)3/h7-17H,6H2,1-5H3,(H,23,24)/t16-,17+/m0/s1. The van der Waals surface area contributed by atoms with Crippen molar-refractivity contribution in [2.24, 2.45) is 0 Å². The Balaban J connectivity index is 2.00. The van der Waals surface area contributed by atoms with E-state index in [1.54, 1.807) is 6.92 Å². The Labute approximate surface area is 151 Å². The quantitative estimate of drug-likeness (QED) is 0.769. The predicted molar refractivity (Wildman–Crippen MR) is 103 cm³/mol. The molecule has 0 bridgehead atoms. The van der Waals surface area contributed by atoms with Gasteiger partial charge < -0.3 is 10.1 Å². The molecule has 0 saturated carbocycles. The molecule has 0 saturated heterocycles. The Hall–Kier alpha value is -2.29. The van der Waals surface area contributed by atoms with Gasteiger partial charge in [0, 0.05) is 0 Å². The second-order valence-electron chi connectivity index (χ2n) is 6.78. The van der Waals surface area contributed by atoms with E-state index in [4.69, 9.17) is 4.74 Å². The molecule has 0 aliphatic rings. The summed E-state index contributed by atoms with van der Waals surface area (Å²) in [4.78, 5) is 12.5. The van der Waals surface area contributed by atoms with Gasteiger partial charge in [0.2, 0.25) is 0 Å². The molecule has 1 amide bonds. The van der Waals surface area contributed by atoms with Crippen molar-refractivity contribution in [3.8, 4) is 5.75 Å². The fraction of sp³-hybridized carbons (Fsp3) is 0.409. The van der Waals surface area contributed by atoms with Gasteiger partial charge >= 0.3 is 0 Å². The lowest BCUT2D eigenvalue weighted by Gasteiger charge is -2.21. The number of nitrogens with one attached hydrogen (secondary N) is 1. The molecule has 0 spiro atoms. The molecular weight excluding hydrogens is 310 g/mol. The molecule has 0 unspecified atom stereocenters. The Morgan fingerprint density at radius 1 is 1.00 bits per heavy atom. The summed E-state index contributed by atoms with van der Waals surface area (Å²) >= 11 is 0. The van der Waals surface area contributed by atoms with Crippen LogP contribution in [0.4, 0.5) is 0 Å². The van der Waals surface area contributed by atoms with E-state index in [-0.39, 0.29) is 11.9 Å². The van der Waals surface area contributed by atoms with Crippen LogP contribution >= 0.6 is 0 Å². The number of rotatable bonds is 7. The molecule has 0 aliphatic carbocycles. The summed E-state index contributed by atoms with van der Waals surface area (Å²) in [6.45, 7) is 10.2. The summed E-state index contributed by atoms with van der Waals surface area (Å²) in [6, 6.07) is 16.2. The van der Waals surface area contributed by atoms with Gasteiger partial charge in [0.05, 0.1) is 6.04 Å². The molecule has 2 aromatic carbocycles. The van der Waals surface area contributed by atoms with Crippen LogP contribution in [0.5, 0.6) is 5.75 Å². The number of carbonyl (C=O) groups excluding carboxylic acids is 1. The van der Waals surface area contributed by atoms with Gasteiger partial charge in [0.1, 0.15) is 5.75 Å². The Morgan fingerprint density at radius 3 is 2.24 bits per heavy atom. The number of aryl methyl sites for hydroxylation is 1. The summed E-state index contributed by atoms with van der Waals surface area (Å²) in [6.07, 6.45) is 0.471. The van der Waals surface area contributed by atoms with Gasteiger partial charge in [-0.3, -0.25) is 4.79 Å². The molecule has 25 heavy (non-hydrogen) atoms. The fourth-order valence-corrected chi connectivity index (χ4v) is 2.76. The van der Waals surface area contributed by atoms with E-state index < -0.39 is 6.10 Å². The molecule has 3 nitrogen and oxygen atoms in total. The smallest absolute Gasteiger partial charge is 0.261 e. The van der Waals surface area contributed by atoms with Gasteiger partial charge in [-0.15, -0.1) is 0 Å². The third kappa shape index (κ3) is 5.09. The summed E-state index contributed by atoms with van der Waals surface area (Å²) in [5.41, 5.74) is 3.51. The number of amides is 1. The molecular formula is C22H29NO2. The zero-order valence-corrected chi connectivity index (χ0v) is 15.9. The van der Waals surface area contributed by atoms with Gasteiger partial charge in [-0.2, -0.15) is 0 Å². The monoisotopic (exact) mass is 339 g/mol. The topological polar surface area (TPSA) is 38.3 Å². The van der Waals surface area contributed by atoms with Crippen LogP contribution in [-0.4, -0.2) is 12.0 Å². The highest BCUT2D eigenvalue weighted by Gasteiger charge is 2.19. The minimum Gasteiger partial charge on any atom is -0.481 e. The van der Waals surface area contributed by atoms with Crippen molar-refractivity contribution in [2.45, 2.75) is 59.1 Å². The first-order valence-corrected chi connectivity index (χ1v) is 9.07. The van der Waals surface area contributed by atoms with Gasteiger partial charge in [-0.1, -0.05) is 63.2 Å². The molecule has 0 fully saturated rings. The molecule has 0 heterocycles. The number of ether oxygens (including phenoxy) is 1. The number of para-hydroxylation sites is 1. The van der Waals surface area contributed by atoms with Crippen LogP contribution in [-0.2, 0) is 11.2 Å². The molecule has 2 rings (SSSR count). The van der Waals surface area contributed by atoms with Crippen LogP contribution in [0, 0.1) is 0 Å². The molecule has 0 radical (unpaired) electrons. The Bertz CT molecular complexity index is 691. The van der Waals surface area contributed by atoms with Crippen molar-refractivity contribution in [1.82, 2.24) is 5.32 Å². The summed E-state index contributed by atoms with van der Waals surface area (Å²) in [5.74, 6) is 1.02. The van der Waals surface area contributed by atoms with Crippen molar-refractivity contribution in [2.75, 3.05) is 0 Å². The normalized spacial score (nSPS) is 13.4. The van der Waals surface area contributed by atoms with Crippen LogP contribution in [0.1, 0.15) is 63.3 Å². The van der Waals surface area contributed by atoms with Crippen LogP contribution in [0.3, 0.4) is 0 Å². The fourth-order valence-electron chi connectivity index (χ4n) is 2.76. The van der Waals surface area contributed by atoms with Gasteiger partial charge in [-0.05, 0) is 48.9 Å². The van der Waals surface area contributed by atoms with Crippen molar-refractivity contribution in [3.63, 3.8) is 0 Å². The molecule has 1 N–H and O–H groups in total. The van der Waals surface area contributed by atoms with Gasteiger partial charge in [0.15, 0.2) is 6.10 Å². The van der Waals surface area contributed by atoms with Gasteiger partial charge in [-0.25, -0.2) is 0 Å². The first kappa shape index (κ1) is 19.0. The van der Waals surface area contributed by atoms with Crippen molar-refractivity contribution >= 4 is 5.91 Å². The summed E-state index contributed by atoms with van der Waals surface area (Å²) in [7, 11) is 0. The molecule has 0 aliphatic heterocycles. The first-order valence-electron chi connectivity index (χ1n) is 9.07. The predicted octanol–water partition coefficient (Wildman–Crippen LogP) is 5.02. The number of benzene rings is 2. The lowest BCUT2D eigenvalue weighted by molar-refractivity contribution is -0.127. The third-order valence-electron chi connectivity index (χ3n) is 4.46. The van der Waals surface area contributed by atoms with Crippen molar-refractivity contribution in [3.05, 3.63) is 65.2 Å². The minimum absolute atomic E-state index is 0.0511. The molecule has 2 aromatic rings. The largest absolute Gasteiger partial charge is 0.481 e. The SMILES string of the molecule is CCc1ccc([C@H](C)NC(=O)[C@@H](C)Oc2ccccc2C(C)C)cc1. The van der Waals surface area contributed by atoms with Gasteiger partial charge in [0.25, 0.3) is 5.91 Å². The van der Waals surface area contributed by atoms with Crippen LogP contribution < -0.4 is 10.1 Å². The third-order valence-corrected chi connectivity index (χ3v) is 4.46. The zero-order chi connectivity index (χ0) is 18.4. The maximum atomic E-state index is 12.5. The van der Waals surface area contributed by atoms with Crippen molar-refractivity contribution < 1.29 is 9.53 Å². The van der Waals surface area contributed by atoms with Crippen LogP contribution in [0.25, 0.3) is 0 Å². The molecule has 3 heteroatoms. The zero-order valence-electron chi connectivity index (χ0n) is 15.9. The molecule has 0 aromatic heterocycles. The molecule has 134 valence electrons. The second-order valence-corrected chi connectivity index (χ2v) is 6.78. The Kier molecular flexibility index (Phi) is 6.63. The highest BCUT2D eigenvalue weighted by Crippen LogP contribution is 2.26. The molecule has 2 atom stereocenters. The van der Waals surface area contributed by atoms with E-state index in [1.165, 1.54) is 5.56 Å². The van der Waals surface area contributed by atoms with Crippen LogP contribution in [0.2, 0.25) is 0 Å². The second kappa shape index (κ2) is 8.70. The average molecular weight is 339 g/mol. The van der Waals surface area contributed by atoms with E-state index in [1.807, 2.05) is 31.2 Å². The van der Waals surface area contributed by atoms with Crippen LogP contribution in [0.15, 0.2) is 48.5 Å². The van der Waals surface area contributed by atoms with E-state index in [0.29, 0.717) is 5.92 Å². The highest BCUT2D eigenvalue weighted by atomic mass is 16.5. The summed E-state index contributed by atoms with van der Waals surface area (Å²) in [5, 5.41) is 3.04. The highest BCUT2D eigenvalue weighted by molar-refractivity contribution is 5.81. The average Bonchev–Trinajstić information content (AvgIpc) is 2.61. The van der Waals surface area contributed by atoms with E-state index in [2.05, 4.69) is 50.4 Å². The minimum atomic E-state index is -0.544. The first-order chi connectivity index (χ1) is 11.9. The summed E-state index contributed by atoms with van der Waals surface area (Å²) < 4.78 is 5.93. The Morgan fingerprint density at radius 2 is 1.64 bits per heavy atom. The van der Waals surface area contributed by atoms with E-state index >= 15 is 0 Å². The maximum Gasteiger partial charge on any atom is 0.261 e. The van der Waals surface area contributed by atoms with Crippen molar-refractivity contribution in [1.29, 1.82) is 0 Å². The van der Waals surface area contributed by atoms with E-state index in [9.17, 15) is 4.79 Å². The maximum absolute atomic E-state index is 12.5. The van der Waals surface area contributed by atoms with E-state index in [0.717, 1.165) is 23.3 Å². The number of hydrogen-bond acceptors (Lipinski definition) is 2. The number of hydrogen-bond donors (Lipinski definition) is 1. The lowest BCUT2D eigenvalue weighted by atomic mass is 10.0. The number of carbonyl (C=O) groups is 1.